The molecule has 1 aliphatic rings. The molecule has 2 N–H and O–H groups in total. The van der Waals surface area contributed by atoms with Gasteiger partial charge in [-0.05, 0) is 32.6 Å². The third kappa shape index (κ3) is 3.76. The van der Waals surface area contributed by atoms with Gasteiger partial charge in [0.25, 0.3) is 0 Å². The van der Waals surface area contributed by atoms with Gasteiger partial charge in [0, 0.05) is 12.1 Å². The van der Waals surface area contributed by atoms with Crippen molar-refractivity contribution in [1.29, 1.82) is 0 Å². The monoisotopic (exact) mass is 213 g/mol. The lowest BCUT2D eigenvalue weighted by atomic mass is 9.82. The van der Waals surface area contributed by atoms with Crippen LogP contribution in [0.4, 0.5) is 0 Å². The second-order valence-electron chi connectivity index (χ2n) is 5.99. The molecule has 1 aliphatic carbocycles. The molecular weight excluding hydrogens is 186 g/mol. The van der Waals surface area contributed by atoms with Crippen LogP contribution in [0.5, 0.6) is 0 Å². The van der Waals surface area contributed by atoms with Gasteiger partial charge in [0.1, 0.15) is 0 Å². The SMILES string of the molecule is CC(C)C(C)(O)CNC1(C)CCCCC1. The molecule has 0 spiro atoms. The van der Waals surface area contributed by atoms with Crippen molar-refractivity contribution >= 4 is 0 Å². The summed E-state index contributed by atoms with van der Waals surface area (Å²) in [5, 5.41) is 13.7. The van der Waals surface area contributed by atoms with Gasteiger partial charge in [0.2, 0.25) is 0 Å². The van der Waals surface area contributed by atoms with Crippen LogP contribution in [0, 0.1) is 5.92 Å². The Morgan fingerprint density at radius 1 is 1.27 bits per heavy atom. The summed E-state index contributed by atoms with van der Waals surface area (Å²) in [6.45, 7) is 9.08. The number of aliphatic hydroxyl groups is 1. The van der Waals surface area contributed by atoms with Gasteiger partial charge in [-0.15, -0.1) is 0 Å². The predicted octanol–water partition coefficient (Wildman–Crippen LogP) is 2.71. The molecule has 2 nitrogen and oxygen atoms in total. The quantitative estimate of drug-likeness (QED) is 0.752. The van der Waals surface area contributed by atoms with Gasteiger partial charge in [-0.2, -0.15) is 0 Å². The minimum Gasteiger partial charge on any atom is -0.389 e. The van der Waals surface area contributed by atoms with Crippen LogP contribution < -0.4 is 5.32 Å². The lowest BCUT2D eigenvalue weighted by Gasteiger charge is -2.38. The highest BCUT2D eigenvalue weighted by molar-refractivity contribution is 4.90. The van der Waals surface area contributed by atoms with Crippen LogP contribution >= 0.6 is 0 Å². The van der Waals surface area contributed by atoms with Crippen LogP contribution in [0.15, 0.2) is 0 Å². The largest absolute Gasteiger partial charge is 0.389 e. The standard InChI is InChI=1S/C13H27NO/c1-11(2)13(4,15)10-14-12(3)8-6-5-7-9-12/h11,14-15H,5-10H2,1-4H3. The van der Waals surface area contributed by atoms with Crippen LogP contribution in [0.3, 0.4) is 0 Å². The fourth-order valence-electron chi connectivity index (χ4n) is 2.11. The Morgan fingerprint density at radius 3 is 2.27 bits per heavy atom. The molecule has 0 aromatic carbocycles. The molecule has 1 fully saturated rings. The molecule has 1 atom stereocenters. The van der Waals surface area contributed by atoms with E-state index in [1.807, 2.05) is 6.92 Å². The van der Waals surface area contributed by atoms with Crippen LogP contribution in [-0.2, 0) is 0 Å². The van der Waals surface area contributed by atoms with Crippen molar-refractivity contribution in [2.45, 2.75) is 70.9 Å². The van der Waals surface area contributed by atoms with E-state index < -0.39 is 5.60 Å². The van der Waals surface area contributed by atoms with Crippen molar-refractivity contribution in [2.24, 2.45) is 5.92 Å². The molecule has 1 rings (SSSR count). The first-order valence-electron chi connectivity index (χ1n) is 6.33. The van der Waals surface area contributed by atoms with Crippen molar-refractivity contribution in [2.75, 3.05) is 6.54 Å². The average Bonchev–Trinajstić information content (AvgIpc) is 2.16. The highest BCUT2D eigenvalue weighted by Crippen LogP contribution is 2.28. The summed E-state index contributed by atoms with van der Waals surface area (Å²) in [6.07, 6.45) is 6.53. The van der Waals surface area contributed by atoms with Gasteiger partial charge in [0.05, 0.1) is 5.60 Å². The zero-order chi connectivity index (χ0) is 11.5. The number of β-amino-alcohol motifs (C(OH)–C–C–N with tert-alkyl or cyclic N) is 1. The second kappa shape index (κ2) is 4.84. The summed E-state index contributed by atoms with van der Waals surface area (Å²) >= 11 is 0. The zero-order valence-electron chi connectivity index (χ0n) is 10.8. The van der Waals surface area contributed by atoms with E-state index in [2.05, 4.69) is 26.1 Å². The number of hydrogen-bond acceptors (Lipinski definition) is 2. The minimum absolute atomic E-state index is 0.261. The Balaban J connectivity index is 2.41. The molecule has 0 aromatic rings. The second-order valence-corrected chi connectivity index (χ2v) is 5.99. The van der Waals surface area contributed by atoms with Crippen LogP contribution in [0.1, 0.15) is 59.8 Å². The highest BCUT2D eigenvalue weighted by Gasteiger charge is 2.31. The molecule has 0 aromatic heterocycles. The van der Waals surface area contributed by atoms with Crippen molar-refractivity contribution in [3.8, 4) is 0 Å². The molecule has 90 valence electrons. The predicted molar refractivity (Wildman–Crippen MR) is 65.0 cm³/mol. The third-order valence-corrected chi connectivity index (χ3v) is 4.07. The molecule has 15 heavy (non-hydrogen) atoms. The summed E-state index contributed by atoms with van der Waals surface area (Å²) in [5.41, 5.74) is -0.322. The minimum atomic E-state index is -0.583. The Morgan fingerprint density at radius 2 is 1.80 bits per heavy atom. The maximum absolute atomic E-state index is 10.2. The first kappa shape index (κ1) is 13.0. The molecule has 2 heteroatoms. The Labute approximate surface area is 94.5 Å². The fourth-order valence-corrected chi connectivity index (χ4v) is 2.11. The van der Waals surface area contributed by atoms with Crippen LogP contribution in [0.25, 0.3) is 0 Å². The van der Waals surface area contributed by atoms with Crippen LogP contribution in [0.2, 0.25) is 0 Å². The Bertz CT molecular complexity index is 193. The molecule has 0 radical (unpaired) electrons. The maximum Gasteiger partial charge on any atom is 0.0766 e. The maximum atomic E-state index is 10.2. The van der Waals surface area contributed by atoms with Crippen molar-refractivity contribution < 1.29 is 5.11 Å². The Hall–Kier alpha value is -0.0800. The van der Waals surface area contributed by atoms with E-state index in [0.717, 1.165) is 0 Å². The van der Waals surface area contributed by atoms with Crippen LogP contribution in [-0.4, -0.2) is 22.8 Å². The summed E-state index contributed by atoms with van der Waals surface area (Å²) < 4.78 is 0. The van der Waals surface area contributed by atoms with E-state index >= 15 is 0 Å². The van der Waals surface area contributed by atoms with E-state index in [4.69, 9.17) is 0 Å². The van der Waals surface area contributed by atoms with Crippen molar-refractivity contribution in [1.82, 2.24) is 5.32 Å². The first-order chi connectivity index (χ1) is 6.86. The molecular formula is C13H27NO. The van der Waals surface area contributed by atoms with Gasteiger partial charge in [-0.1, -0.05) is 33.1 Å². The van der Waals surface area contributed by atoms with Gasteiger partial charge >= 0.3 is 0 Å². The molecule has 0 heterocycles. The van der Waals surface area contributed by atoms with Crippen molar-refractivity contribution in [3.63, 3.8) is 0 Å². The van der Waals surface area contributed by atoms with E-state index in [1.54, 1.807) is 0 Å². The summed E-state index contributed by atoms with van der Waals surface area (Å²) in [6, 6.07) is 0. The number of nitrogens with one attached hydrogen (secondary N) is 1. The van der Waals surface area contributed by atoms with Gasteiger partial charge in [0.15, 0.2) is 0 Å². The van der Waals surface area contributed by atoms with E-state index in [-0.39, 0.29) is 5.54 Å². The summed E-state index contributed by atoms with van der Waals surface area (Å²) in [7, 11) is 0. The molecule has 0 aliphatic heterocycles. The molecule has 1 unspecified atom stereocenters. The molecule has 0 bridgehead atoms. The lowest BCUT2D eigenvalue weighted by molar-refractivity contribution is 0.00509. The van der Waals surface area contributed by atoms with Gasteiger partial charge in [-0.3, -0.25) is 0 Å². The van der Waals surface area contributed by atoms with Gasteiger partial charge < -0.3 is 10.4 Å². The fraction of sp³-hybridized carbons (Fsp3) is 1.00. The number of rotatable bonds is 4. The number of hydrogen-bond donors (Lipinski definition) is 2. The topological polar surface area (TPSA) is 32.3 Å². The molecule has 0 saturated heterocycles. The van der Waals surface area contributed by atoms with Crippen molar-refractivity contribution in [3.05, 3.63) is 0 Å². The Kier molecular flexibility index (Phi) is 4.19. The van der Waals surface area contributed by atoms with E-state index in [9.17, 15) is 5.11 Å². The first-order valence-corrected chi connectivity index (χ1v) is 6.33. The lowest BCUT2D eigenvalue weighted by Crippen LogP contribution is -2.52. The summed E-state index contributed by atoms with van der Waals surface area (Å²) in [4.78, 5) is 0. The smallest absolute Gasteiger partial charge is 0.0766 e. The van der Waals surface area contributed by atoms with E-state index in [1.165, 1.54) is 32.1 Å². The average molecular weight is 213 g/mol. The molecule has 0 amide bonds. The summed E-state index contributed by atoms with van der Waals surface area (Å²) in [5.74, 6) is 0.303. The third-order valence-electron chi connectivity index (χ3n) is 4.07. The molecule has 1 saturated carbocycles. The highest BCUT2D eigenvalue weighted by atomic mass is 16.3. The normalized spacial score (nSPS) is 25.2. The van der Waals surface area contributed by atoms with Gasteiger partial charge in [-0.25, -0.2) is 0 Å². The zero-order valence-corrected chi connectivity index (χ0v) is 10.8. The van der Waals surface area contributed by atoms with E-state index in [0.29, 0.717) is 12.5 Å².